The van der Waals surface area contributed by atoms with E-state index in [-0.39, 0.29) is 18.1 Å². The summed E-state index contributed by atoms with van der Waals surface area (Å²) in [6, 6.07) is 13.1. The third-order valence-electron chi connectivity index (χ3n) is 4.42. The molecule has 0 aliphatic heterocycles. The number of carbonyl (C=O) groups is 2. The lowest BCUT2D eigenvalue weighted by Crippen LogP contribution is -2.34. The second-order valence-electron chi connectivity index (χ2n) is 6.84. The number of amides is 1. The number of hydrogen-bond acceptors (Lipinski definition) is 4. The maximum absolute atomic E-state index is 13.3. The number of benzene rings is 2. The molecule has 7 heteroatoms. The van der Waals surface area contributed by atoms with E-state index in [0.717, 1.165) is 11.1 Å². The first-order valence-electron chi connectivity index (χ1n) is 9.17. The monoisotopic (exact) mass is 395 g/mol. The summed E-state index contributed by atoms with van der Waals surface area (Å²) in [6.07, 6.45) is 1.67. The van der Waals surface area contributed by atoms with Crippen molar-refractivity contribution in [1.29, 1.82) is 0 Å². The zero-order valence-electron chi connectivity index (χ0n) is 16.5. The Labute approximate surface area is 168 Å². The van der Waals surface area contributed by atoms with Crippen LogP contribution in [-0.4, -0.2) is 34.8 Å². The summed E-state index contributed by atoms with van der Waals surface area (Å²) in [5.41, 5.74) is 3.31. The van der Waals surface area contributed by atoms with Crippen LogP contribution in [0, 0.1) is 12.7 Å². The standard InChI is InChI=1S/C22H22FN3O3/c1-14-5-4-6-16(11-14)21-19(22(28)24-15(2)12-20(27)29-3)13-26(25-21)18-9-7-17(23)8-10-18/h4-11,13,15H,12H2,1-3H3,(H,24,28). The highest BCUT2D eigenvalue weighted by molar-refractivity contribution is 6.00. The molecular formula is C22H22FN3O3. The fourth-order valence-corrected chi connectivity index (χ4v) is 2.96. The number of nitrogens with one attached hydrogen (secondary N) is 1. The van der Waals surface area contributed by atoms with Crippen LogP contribution in [0.1, 0.15) is 29.3 Å². The molecule has 3 aromatic rings. The lowest BCUT2D eigenvalue weighted by atomic mass is 10.1. The number of hydrogen-bond donors (Lipinski definition) is 1. The zero-order chi connectivity index (χ0) is 21.0. The normalized spacial score (nSPS) is 11.7. The Balaban J connectivity index is 1.98. The van der Waals surface area contributed by atoms with E-state index in [0.29, 0.717) is 16.9 Å². The Morgan fingerprint density at radius 3 is 2.59 bits per heavy atom. The molecule has 6 nitrogen and oxygen atoms in total. The van der Waals surface area contributed by atoms with Crippen LogP contribution < -0.4 is 5.32 Å². The molecule has 1 amide bonds. The first-order valence-corrected chi connectivity index (χ1v) is 9.17. The third kappa shape index (κ3) is 4.87. The smallest absolute Gasteiger partial charge is 0.307 e. The van der Waals surface area contributed by atoms with Gasteiger partial charge in [0.05, 0.1) is 24.8 Å². The van der Waals surface area contributed by atoms with Crippen LogP contribution in [0.3, 0.4) is 0 Å². The number of nitrogens with zero attached hydrogens (tertiary/aromatic N) is 2. The van der Waals surface area contributed by atoms with Crippen molar-refractivity contribution in [1.82, 2.24) is 15.1 Å². The number of ether oxygens (including phenoxy) is 1. The molecule has 0 aliphatic rings. The Bertz CT molecular complexity index is 1030. The fourth-order valence-electron chi connectivity index (χ4n) is 2.96. The summed E-state index contributed by atoms with van der Waals surface area (Å²) in [5, 5.41) is 7.38. The molecule has 29 heavy (non-hydrogen) atoms. The van der Waals surface area contributed by atoms with Gasteiger partial charge in [-0.3, -0.25) is 9.59 Å². The molecule has 0 spiro atoms. The molecule has 1 N–H and O–H groups in total. The minimum Gasteiger partial charge on any atom is -0.469 e. The Morgan fingerprint density at radius 2 is 1.93 bits per heavy atom. The third-order valence-corrected chi connectivity index (χ3v) is 4.42. The van der Waals surface area contributed by atoms with Gasteiger partial charge in [-0.05, 0) is 44.2 Å². The van der Waals surface area contributed by atoms with E-state index in [9.17, 15) is 14.0 Å². The van der Waals surface area contributed by atoms with Crippen molar-refractivity contribution in [3.05, 3.63) is 71.7 Å². The summed E-state index contributed by atoms with van der Waals surface area (Å²) < 4.78 is 19.5. The molecular weight excluding hydrogens is 373 g/mol. The zero-order valence-corrected chi connectivity index (χ0v) is 16.5. The van der Waals surface area contributed by atoms with Crippen molar-refractivity contribution in [2.45, 2.75) is 26.3 Å². The average molecular weight is 395 g/mol. The molecule has 0 aliphatic carbocycles. The van der Waals surface area contributed by atoms with E-state index in [4.69, 9.17) is 0 Å². The molecule has 0 saturated carbocycles. The predicted octanol–water partition coefficient (Wildman–Crippen LogP) is 3.67. The van der Waals surface area contributed by atoms with Gasteiger partial charge in [0.15, 0.2) is 0 Å². The van der Waals surface area contributed by atoms with E-state index >= 15 is 0 Å². The van der Waals surface area contributed by atoms with Gasteiger partial charge in [0.1, 0.15) is 11.5 Å². The van der Waals surface area contributed by atoms with Gasteiger partial charge in [-0.25, -0.2) is 9.07 Å². The van der Waals surface area contributed by atoms with Crippen LogP contribution in [0.2, 0.25) is 0 Å². The molecule has 1 unspecified atom stereocenters. The first kappa shape index (κ1) is 20.3. The molecule has 1 aromatic heterocycles. The minimum absolute atomic E-state index is 0.0636. The molecule has 0 bridgehead atoms. The van der Waals surface area contributed by atoms with E-state index < -0.39 is 12.0 Å². The highest BCUT2D eigenvalue weighted by Gasteiger charge is 2.21. The quantitative estimate of drug-likeness (QED) is 0.647. The van der Waals surface area contributed by atoms with Crippen LogP contribution in [0.4, 0.5) is 4.39 Å². The number of aromatic nitrogens is 2. The van der Waals surface area contributed by atoms with Crippen LogP contribution in [0.25, 0.3) is 16.9 Å². The maximum atomic E-state index is 13.3. The SMILES string of the molecule is COC(=O)CC(C)NC(=O)c1cn(-c2ccc(F)cc2)nc1-c1cccc(C)c1. The van der Waals surface area contributed by atoms with E-state index in [1.807, 2.05) is 31.2 Å². The first-order chi connectivity index (χ1) is 13.9. The van der Waals surface area contributed by atoms with Crippen LogP contribution in [0.5, 0.6) is 0 Å². The number of carbonyl (C=O) groups excluding carboxylic acids is 2. The van der Waals surface area contributed by atoms with Crippen molar-refractivity contribution in [3.8, 4) is 16.9 Å². The number of halogens is 1. The second kappa shape index (κ2) is 8.68. The van der Waals surface area contributed by atoms with Gasteiger partial charge in [-0.15, -0.1) is 0 Å². The van der Waals surface area contributed by atoms with Gasteiger partial charge in [0.25, 0.3) is 5.91 Å². The van der Waals surface area contributed by atoms with Gasteiger partial charge in [-0.2, -0.15) is 5.10 Å². The molecule has 150 valence electrons. The molecule has 2 aromatic carbocycles. The largest absolute Gasteiger partial charge is 0.469 e. The summed E-state index contributed by atoms with van der Waals surface area (Å²) in [7, 11) is 1.31. The fraction of sp³-hybridized carbons (Fsp3) is 0.227. The van der Waals surface area contributed by atoms with E-state index in [1.54, 1.807) is 25.3 Å². The van der Waals surface area contributed by atoms with Gasteiger partial charge in [0.2, 0.25) is 0 Å². The lowest BCUT2D eigenvalue weighted by molar-refractivity contribution is -0.141. The Kier molecular flexibility index (Phi) is 6.07. The van der Waals surface area contributed by atoms with Crippen molar-refractivity contribution in [2.75, 3.05) is 7.11 Å². The molecule has 3 rings (SSSR count). The van der Waals surface area contributed by atoms with Gasteiger partial charge >= 0.3 is 5.97 Å². The highest BCUT2D eigenvalue weighted by Crippen LogP contribution is 2.25. The van der Waals surface area contributed by atoms with Crippen LogP contribution >= 0.6 is 0 Å². The number of rotatable bonds is 6. The molecule has 1 atom stereocenters. The van der Waals surface area contributed by atoms with Crippen molar-refractivity contribution in [2.24, 2.45) is 0 Å². The number of aryl methyl sites for hydroxylation is 1. The van der Waals surface area contributed by atoms with Crippen molar-refractivity contribution >= 4 is 11.9 Å². The molecule has 0 saturated heterocycles. The lowest BCUT2D eigenvalue weighted by Gasteiger charge is -2.12. The maximum Gasteiger partial charge on any atom is 0.307 e. The summed E-state index contributed by atoms with van der Waals surface area (Å²) in [5.74, 6) is -1.11. The number of esters is 1. The van der Waals surface area contributed by atoms with E-state index in [2.05, 4.69) is 15.2 Å². The van der Waals surface area contributed by atoms with Crippen molar-refractivity contribution < 1.29 is 18.7 Å². The average Bonchev–Trinajstić information content (AvgIpc) is 3.14. The molecule has 1 heterocycles. The Morgan fingerprint density at radius 1 is 1.21 bits per heavy atom. The minimum atomic E-state index is -0.408. The second-order valence-corrected chi connectivity index (χ2v) is 6.84. The summed E-state index contributed by atoms with van der Waals surface area (Å²) in [6.45, 7) is 3.68. The van der Waals surface area contributed by atoms with E-state index in [1.165, 1.54) is 23.9 Å². The van der Waals surface area contributed by atoms with Crippen LogP contribution in [0.15, 0.2) is 54.7 Å². The van der Waals surface area contributed by atoms with Gasteiger partial charge < -0.3 is 10.1 Å². The van der Waals surface area contributed by atoms with Gasteiger partial charge in [0, 0.05) is 17.8 Å². The Hall–Kier alpha value is -3.48. The van der Waals surface area contributed by atoms with Crippen LogP contribution in [-0.2, 0) is 9.53 Å². The summed E-state index contributed by atoms with van der Waals surface area (Å²) in [4.78, 5) is 24.4. The van der Waals surface area contributed by atoms with Gasteiger partial charge in [-0.1, -0.05) is 23.8 Å². The topological polar surface area (TPSA) is 73.2 Å². The predicted molar refractivity (Wildman–Crippen MR) is 107 cm³/mol. The molecule has 0 radical (unpaired) electrons. The highest BCUT2D eigenvalue weighted by atomic mass is 19.1. The summed E-state index contributed by atoms with van der Waals surface area (Å²) >= 11 is 0. The number of methoxy groups -OCH3 is 1. The van der Waals surface area contributed by atoms with Crippen molar-refractivity contribution in [3.63, 3.8) is 0 Å². The molecule has 0 fully saturated rings.